The van der Waals surface area contributed by atoms with E-state index in [1.165, 1.54) is 15.6 Å². The zero-order valence-corrected chi connectivity index (χ0v) is 12.9. The number of amides is 2. The third kappa shape index (κ3) is 2.09. The minimum Gasteiger partial charge on any atom is -0.336 e. The molecule has 2 amide bonds. The van der Waals surface area contributed by atoms with E-state index >= 15 is 0 Å². The minimum absolute atomic E-state index is 0.0758. The van der Waals surface area contributed by atoms with Crippen molar-refractivity contribution in [2.75, 3.05) is 26.2 Å². The summed E-state index contributed by atoms with van der Waals surface area (Å²) in [6.45, 7) is 5.26. The Balaban J connectivity index is 1.84. The van der Waals surface area contributed by atoms with Gasteiger partial charge in [0.1, 0.15) is 0 Å². The molecule has 1 aromatic heterocycles. The third-order valence-electron chi connectivity index (χ3n) is 3.76. The molecule has 1 N–H and O–H groups in total. The number of hydrogen-bond donors (Lipinski definition) is 1. The number of aryl methyl sites for hydroxylation is 2. The van der Waals surface area contributed by atoms with E-state index in [9.17, 15) is 13.2 Å². The molecule has 0 saturated carbocycles. The van der Waals surface area contributed by atoms with Gasteiger partial charge in [-0.3, -0.25) is 0 Å². The zero-order valence-electron chi connectivity index (χ0n) is 11.3. The summed E-state index contributed by atoms with van der Waals surface area (Å²) in [6, 6.07) is -0.179. The molecule has 9 heteroatoms. The summed E-state index contributed by atoms with van der Waals surface area (Å²) >= 11 is 1.20. The molecule has 1 aromatic rings. The number of nitrogens with one attached hydrogen (secondary N) is 1. The van der Waals surface area contributed by atoms with Gasteiger partial charge < -0.3 is 10.2 Å². The molecule has 3 heterocycles. The minimum atomic E-state index is -3.54. The van der Waals surface area contributed by atoms with Crippen LogP contribution >= 0.6 is 11.3 Å². The second-order valence-electron chi connectivity index (χ2n) is 5.02. The molecule has 3 rings (SSSR count). The fraction of sp³-hybridized carbons (Fsp3) is 0.636. The van der Waals surface area contributed by atoms with E-state index in [1.807, 2.05) is 13.8 Å². The van der Waals surface area contributed by atoms with E-state index in [2.05, 4.69) is 10.3 Å². The lowest BCUT2D eigenvalue weighted by atomic mass is 10.2. The van der Waals surface area contributed by atoms with Crippen LogP contribution in [0.3, 0.4) is 0 Å². The highest BCUT2D eigenvalue weighted by molar-refractivity contribution is 7.91. The van der Waals surface area contributed by atoms with Gasteiger partial charge in [-0.25, -0.2) is 18.2 Å². The van der Waals surface area contributed by atoms with Crippen LogP contribution in [0, 0.1) is 13.8 Å². The summed E-state index contributed by atoms with van der Waals surface area (Å²) in [7, 11) is -3.54. The summed E-state index contributed by atoms with van der Waals surface area (Å²) in [5.74, 6) is 0. The van der Waals surface area contributed by atoms with Crippen LogP contribution in [0.1, 0.15) is 10.6 Å². The molecule has 0 aromatic carbocycles. The fourth-order valence-electron chi connectivity index (χ4n) is 2.46. The zero-order chi connectivity index (χ0) is 14.5. The number of piperazine rings is 1. The predicted molar refractivity (Wildman–Crippen MR) is 74.2 cm³/mol. The molecular weight excluding hydrogens is 300 g/mol. The number of fused-ring (bicyclic) bond motifs is 1. The fourth-order valence-corrected chi connectivity index (χ4v) is 5.37. The molecule has 110 valence electrons. The maximum Gasteiger partial charge on any atom is 0.317 e. The third-order valence-corrected chi connectivity index (χ3v) is 7.06. The largest absolute Gasteiger partial charge is 0.336 e. The van der Waals surface area contributed by atoms with Gasteiger partial charge in [-0.15, -0.1) is 11.3 Å². The summed E-state index contributed by atoms with van der Waals surface area (Å²) in [5.41, 5.74) is 0.755. The number of carbonyl (C=O) groups is 1. The first-order valence-corrected chi connectivity index (χ1v) is 8.64. The Morgan fingerprint density at radius 3 is 2.75 bits per heavy atom. The molecule has 1 unspecified atom stereocenters. The van der Waals surface area contributed by atoms with Crippen molar-refractivity contribution in [3.05, 3.63) is 10.6 Å². The smallest absolute Gasteiger partial charge is 0.317 e. The van der Waals surface area contributed by atoms with Gasteiger partial charge in [-0.05, 0) is 13.8 Å². The summed E-state index contributed by atoms with van der Waals surface area (Å²) < 4.78 is 26.7. The highest BCUT2D eigenvalue weighted by Crippen LogP contribution is 2.26. The number of thiazole rings is 1. The van der Waals surface area contributed by atoms with Gasteiger partial charge in [0.05, 0.1) is 11.7 Å². The van der Waals surface area contributed by atoms with Crippen LogP contribution in [0.4, 0.5) is 4.79 Å². The number of hydrogen-bond acceptors (Lipinski definition) is 5. The monoisotopic (exact) mass is 316 g/mol. The summed E-state index contributed by atoms with van der Waals surface area (Å²) in [5, 5.41) is 2.74. The van der Waals surface area contributed by atoms with Crippen LogP contribution in [0.25, 0.3) is 0 Å². The molecule has 2 aliphatic rings. The average molecular weight is 316 g/mol. The molecule has 0 bridgehead atoms. The molecule has 1 atom stereocenters. The molecule has 2 aliphatic heterocycles. The Morgan fingerprint density at radius 2 is 2.10 bits per heavy atom. The van der Waals surface area contributed by atoms with Gasteiger partial charge in [-0.1, -0.05) is 0 Å². The summed E-state index contributed by atoms with van der Waals surface area (Å²) in [4.78, 5) is 18.3. The molecule has 7 nitrogen and oxygen atoms in total. The van der Waals surface area contributed by atoms with Crippen molar-refractivity contribution in [3.63, 3.8) is 0 Å². The van der Waals surface area contributed by atoms with Crippen LogP contribution < -0.4 is 5.32 Å². The Hall–Kier alpha value is -1.19. The number of nitrogens with zero attached hydrogens (tertiary/aromatic N) is 3. The maximum absolute atomic E-state index is 12.6. The van der Waals surface area contributed by atoms with E-state index in [1.54, 1.807) is 4.90 Å². The Kier molecular flexibility index (Phi) is 3.22. The Morgan fingerprint density at radius 1 is 1.35 bits per heavy atom. The second-order valence-corrected chi connectivity index (χ2v) is 8.33. The first-order chi connectivity index (χ1) is 9.39. The van der Waals surface area contributed by atoms with Crippen molar-refractivity contribution in [2.24, 2.45) is 0 Å². The van der Waals surface area contributed by atoms with E-state index in [4.69, 9.17) is 0 Å². The molecule has 2 fully saturated rings. The second kappa shape index (κ2) is 4.68. The van der Waals surface area contributed by atoms with Crippen LogP contribution in [0.2, 0.25) is 0 Å². The lowest BCUT2D eigenvalue weighted by Crippen LogP contribution is -2.53. The molecule has 2 saturated heterocycles. The lowest BCUT2D eigenvalue weighted by Gasteiger charge is -2.34. The predicted octanol–water partition coefficient (Wildman–Crippen LogP) is 0.158. The maximum atomic E-state index is 12.6. The van der Waals surface area contributed by atoms with Gasteiger partial charge in [0, 0.05) is 31.1 Å². The van der Waals surface area contributed by atoms with Crippen LogP contribution in [-0.4, -0.2) is 60.9 Å². The Labute approximate surface area is 121 Å². The normalized spacial score (nSPS) is 23.8. The standard InChI is InChI=1S/C11H16N4O3S2/c1-7-8(2)19-11(13-7)20(17,18)14-3-4-15-9(6-14)5-12-10(15)16/h9H,3-6H2,1-2H3,(H,12,16). The van der Waals surface area contributed by atoms with Gasteiger partial charge in [0.2, 0.25) is 4.34 Å². The number of rotatable bonds is 2. The van der Waals surface area contributed by atoms with Gasteiger partial charge >= 0.3 is 6.03 Å². The molecular formula is C11H16N4O3S2. The van der Waals surface area contributed by atoms with Crippen molar-refractivity contribution >= 4 is 27.4 Å². The molecule has 0 aliphatic carbocycles. The van der Waals surface area contributed by atoms with E-state index in [0.717, 1.165) is 10.6 Å². The first kappa shape index (κ1) is 13.8. The van der Waals surface area contributed by atoms with Crippen LogP contribution in [-0.2, 0) is 10.0 Å². The van der Waals surface area contributed by atoms with Crippen molar-refractivity contribution in [3.8, 4) is 0 Å². The highest BCUT2D eigenvalue weighted by atomic mass is 32.2. The van der Waals surface area contributed by atoms with Crippen LogP contribution in [0.5, 0.6) is 0 Å². The van der Waals surface area contributed by atoms with E-state index in [-0.39, 0.29) is 16.4 Å². The molecule has 0 spiro atoms. The number of sulfonamides is 1. The van der Waals surface area contributed by atoms with Gasteiger partial charge in [0.15, 0.2) is 0 Å². The van der Waals surface area contributed by atoms with Gasteiger partial charge in [0.25, 0.3) is 10.0 Å². The molecule has 0 radical (unpaired) electrons. The first-order valence-electron chi connectivity index (χ1n) is 6.38. The highest BCUT2D eigenvalue weighted by Gasteiger charge is 2.40. The summed E-state index contributed by atoms with van der Waals surface area (Å²) in [6.07, 6.45) is 0. The van der Waals surface area contributed by atoms with E-state index < -0.39 is 10.0 Å². The number of aromatic nitrogens is 1. The number of urea groups is 1. The quantitative estimate of drug-likeness (QED) is 0.842. The number of carbonyl (C=O) groups excluding carboxylic acids is 1. The van der Waals surface area contributed by atoms with Crippen molar-refractivity contribution in [1.82, 2.24) is 19.5 Å². The molecule has 20 heavy (non-hydrogen) atoms. The van der Waals surface area contributed by atoms with Crippen molar-refractivity contribution in [1.29, 1.82) is 0 Å². The van der Waals surface area contributed by atoms with Crippen molar-refractivity contribution < 1.29 is 13.2 Å². The van der Waals surface area contributed by atoms with Gasteiger partial charge in [-0.2, -0.15) is 4.31 Å². The average Bonchev–Trinajstić information content (AvgIpc) is 2.94. The lowest BCUT2D eigenvalue weighted by molar-refractivity contribution is 0.164. The SMILES string of the molecule is Cc1nc(S(=O)(=O)N2CCN3C(=O)NCC3C2)sc1C. The topological polar surface area (TPSA) is 82.6 Å². The Bertz CT molecular complexity index is 635. The van der Waals surface area contributed by atoms with Crippen molar-refractivity contribution in [2.45, 2.75) is 24.2 Å². The van der Waals surface area contributed by atoms with Crippen LogP contribution in [0.15, 0.2) is 4.34 Å². The van der Waals surface area contributed by atoms with E-state index in [0.29, 0.717) is 26.2 Å².